The van der Waals surface area contributed by atoms with Crippen LogP contribution in [-0.4, -0.2) is 60.1 Å². The Morgan fingerprint density at radius 3 is 2.32 bits per heavy atom. The van der Waals surface area contributed by atoms with Crippen molar-refractivity contribution >= 4 is 23.9 Å². The molecule has 2 N–H and O–H groups in total. The predicted molar refractivity (Wildman–Crippen MR) is 127 cm³/mol. The van der Waals surface area contributed by atoms with Crippen molar-refractivity contribution in [2.75, 3.05) is 13.7 Å². The van der Waals surface area contributed by atoms with Gasteiger partial charge in [-0.15, -0.1) is 0 Å². The van der Waals surface area contributed by atoms with E-state index >= 15 is 0 Å². The van der Waals surface area contributed by atoms with E-state index in [1.165, 1.54) is 7.11 Å². The number of ether oxygens (including phenoxy) is 2. The second-order valence-electron chi connectivity index (χ2n) is 9.75. The first kappa shape index (κ1) is 27.1. The third-order valence-electron chi connectivity index (χ3n) is 5.72. The summed E-state index contributed by atoms with van der Waals surface area (Å²) in [6.45, 7) is 10.3. The highest BCUT2D eigenvalue weighted by Gasteiger charge is 2.41. The minimum atomic E-state index is -0.967. The Morgan fingerprint density at radius 1 is 1.15 bits per heavy atom. The van der Waals surface area contributed by atoms with E-state index in [2.05, 4.69) is 15.4 Å². The highest BCUT2D eigenvalue weighted by Crippen LogP contribution is 2.35. The number of esters is 1. The maximum absolute atomic E-state index is 13.7. The Kier molecular flexibility index (Phi) is 9.06. The lowest BCUT2D eigenvalue weighted by Gasteiger charge is -2.43. The first-order valence-electron chi connectivity index (χ1n) is 11.6. The van der Waals surface area contributed by atoms with Gasteiger partial charge in [0.2, 0.25) is 11.8 Å². The first-order valence-corrected chi connectivity index (χ1v) is 11.6. The molecule has 0 aliphatic heterocycles. The summed E-state index contributed by atoms with van der Waals surface area (Å²) in [5, 5.41) is 5.20. The average Bonchev–Trinajstić information content (AvgIpc) is 2.70. The van der Waals surface area contributed by atoms with E-state index < -0.39 is 41.6 Å². The Labute approximate surface area is 201 Å². The summed E-state index contributed by atoms with van der Waals surface area (Å²) in [5.74, 6) is -1.46. The molecule has 1 saturated carbocycles. The lowest BCUT2D eigenvalue weighted by molar-refractivity contribution is -0.148. The van der Waals surface area contributed by atoms with Gasteiger partial charge in [-0.05, 0) is 71.9 Å². The molecule has 0 spiro atoms. The monoisotopic (exact) mass is 475 g/mol. The lowest BCUT2D eigenvalue weighted by atomic mass is 9.87. The fraction of sp³-hybridized carbons (Fsp3) is 0.600. The molecule has 9 nitrogen and oxygen atoms in total. The lowest BCUT2D eigenvalue weighted by Crippen LogP contribution is -2.57. The molecule has 34 heavy (non-hydrogen) atoms. The smallest absolute Gasteiger partial charge is 0.408 e. The molecule has 9 heteroatoms. The number of alkyl carbamates (subject to hydrolysis) is 1. The van der Waals surface area contributed by atoms with Crippen LogP contribution in [0.2, 0.25) is 0 Å². The topological polar surface area (TPSA) is 114 Å². The third-order valence-corrected chi connectivity index (χ3v) is 5.72. The van der Waals surface area contributed by atoms with Gasteiger partial charge in [0, 0.05) is 6.04 Å². The van der Waals surface area contributed by atoms with Crippen LogP contribution in [-0.2, 0) is 23.9 Å². The number of carbonyl (C=O) groups is 4. The van der Waals surface area contributed by atoms with Crippen LogP contribution >= 0.6 is 0 Å². The zero-order chi connectivity index (χ0) is 25.6. The Balaban J connectivity index is 2.42. The number of hydrogen-bond acceptors (Lipinski definition) is 6. The minimum absolute atomic E-state index is 0.163. The Morgan fingerprint density at radius 2 is 1.79 bits per heavy atom. The van der Waals surface area contributed by atoms with Gasteiger partial charge in [0.15, 0.2) is 0 Å². The van der Waals surface area contributed by atoms with E-state index in [0.717, 1.165) is 30.4 Å². The van der Waals surface area contributed by atoms with Crippen molar-refractivity contribution in [2.45, 2.75) is 84.5 Å². The van der Waals surface area contributed by atoms with Crippen molar-refractivity contribution in [3.8, 4) is 0 Å². The molecule has 2 atom stereocenters. The number of nitrogens with zero attached hydrogens (tertiary/aromatic N) is 1. The molecule has 2 unspecified atom stereocenters. The molecular formula is C25H37N3O6. The molecule has 1 aliphatic rings. The highest BCUT2D eigenvalue weighted by atomic mass is 16.6. The Bertz CT molecular complexity index is 920. The number of rotatable bonds is 8. The van der Waals surface area contributed by atoms with Crippen LogP contribution in [0.1, 0.15) is 69.7 Å². The first-order chi connectivity index (χ1) is 15.8. The summed E-state index contributed by atoms with van der Waals surface area (Å²) >= 11 is 0. The maximum atomic E-state index is 13.7. The molecule has 1 aromatic rings. The number of methoxy groups -OCH3 is 1. The largest absolute Gasteiger partial charge is 0.468 e. The molecule has 2 rings (SSSR count). The summed E-state index contributed by atoms with van der Waals surface area (Å²) in [6, 6.07) is 3.66. The summed E-state index contributed by atoms with van der Waals surface area (Å²) in [5.41, 5.74) is 1.74. The number of amides is 3. The van der Waals surface area contributed by atoms with Gasteiger partial charge in [0.25, 0.3) is 0 Å². The zero-order valence-electron chi connectivity index (χ0n) is 21.2. The Hall–Kier alpha value is -3.10. The summed E-state index contributed by atoms with van der Waals surface area (Å²) in [6.07, 6.45) is 1.72. The van der Waals surface area contributed by atoms with Crippen LogP contribution in [0.5, 0.6) is 0 Å². The van der Waals surface area contributed by atoms with Crippen LogP contribution in [0.25, 0.3) is 0 Å². The summed E-state index contributed by atoms with van der Waals surface area (Å²) in [4.78, 5) is 52.6. The van der Waals surface area contributed by atoms with E-state index in [0.29, 0.717) is 5.56 Å². The SMILES string of the molecule is COC(=O)CNC(=O)C(c1cc(C)ccc1C)N(C(=O)C(C)NC(=O)OC(C)(C)C)C1CCC1. The van der Waals surface area contributed by atoms with E-state index in [1.807, 2.05) is 32.0 Å². The molecule has 3 amide bonds. The van der Waals surface area contributed by atoms with Gasteiger partial charge in [-0.2, -0.15) is 0 Å². The van der Waals surface area contributed by atoms with Gasteiger partial charge < -0.3 is 25.0 Å². The molecule has 1 aliphatic carbocycles. The van der Waals surface area contributed by atoms with Crippen molar-refractivity contribution in [1.82, 2.24) is 15.5 Å². The molecule has 0 saturated heterocycles. The van der Waals surface area contributed by atoms with Gasteiger partial charge in [-0.1, -0.05) is 23.8 Å². The summed E-state index contributed by atoms with van der Waals surface area (Å²) in [7, 11) is 1.24. The fourth-order valence-corrected chi connectivity index (χ4v) is 3.75. The zero-order valence-corrected chi connectivity index (χ0v) is 21.2. The number of nitrogens with one attached hydrogen (secondary N) is 2. The molecule has 0 heterocycles. The van der Waals surface area contributed by atoms with E-state index in [-0.39, 0.29) is 12.6 Å². The van der Waals surface area contributed by atoms with Crippen molar-refractivity contribution in [3.05, 3.63) is 34.9 Å². The summed E-state index contributed by atoms with van der Waals surface area (Å²) < 4.78 is 9.94. The standard InChI is InChI=1S/C25H37N3O6/c1-15-11-12-16(2)19(13-15)21(22(30)26-14-20(29)33-7)28(18-9-8-10-18)23(31)17(3)27-24(32)34-25(4,5)6/h11-13,17-18,21H,8-10,14H2,1-7H3,(H,26,30)(H,27,32). The van der Waals surface area contributed by atoms with E-state index in [9.17, 15) is 19.2 Å². The maximum Gasteiger partial charge on any atom is 0.408 e. The van der Waals surface area contributed by atoms with Crippen molar-refractivity contribution in [1.29, 1.82) is 0 Å². The van der Waals surface area contributed by atoms with E-state index in [4.69, 9.17) is 4.74 Å². The molecule has 0 bridgehead atoms. The van der Waals surface area contributed by atoms with Crippen molar-refractivity contribution < 1.29 is 28.7 Å². The van der Waals surface area contributed by atoms with E-state index in [1.54, 1.807) is 32.6 Å². The minimum Gasteiger partial charge on any atom is -0.468 e. The number of aryl methyl sites for hydroxylation is 2. The van der Waals surface area contributed by atoms with Crippen LogP contribution in [0.4, 0.5) is 4.79 Å². The molecule has 0 radical (unpaired) electrons. The van der Waals surface area contributed by atoms with Crippen molar-refractivity contribution in [3.63, 3.8) is 0 Å². The number of carbonyl (C=O) groups excluding carboxylic acids is 4. The van der Waals surface area contributed by atoms with Crippen LogP contribution in [0.15, 0.2) is 18.2 Å². The van der Waals surface area contributed by atoms with Gasteiger partial charge in [-0.25, -0.2) is 4.79 Å². The molecular weight excluding hydrogens is 438 g/mol. The van der Waals surface area contributed by atoms with Crippen molar-refractivity contribution in [2.24, 2.45) is 0 Å². The van der Waals surface area contributed by atoms with Gasteiger partial charge in [0.05, 0.1) is 7.11 Å². The van der Waals surface area contributed by atoms with Gasteiger partial charge in [-0.3, -0.25) is 14.4 Å². The molecule has 188 valence electrons. The average molecular weight is 476 g/mol. The van der Waals surface area contributed by atoms with Gasteiger partial charge in [0.1, 0.15) is 24.2 Å². The second-order valence-corrected chi connectivity index (χ2v) is 9.75. The van der Waals surface area contributed by atoms with Crippen LogP contribution in [0, 0.1) is 13.8 Å². The molecule has 1 aromatic carbocycles. The third kappa shape index (κ3) is 7.20. The molecule has 0 aromatic heterocycles. The molecule has 1 fully saturated rings. The van der Waals surface area contributed by atoms with Gasteiger partial charge >= 0.3 is 12.1 Å². The fourth-order valence-electron chi connectivity index (χ4n) is 3.75. The highest BCUT2D eigenvalue weighted by molar-refractivity contribution is 5.93. The number of hydrogen-bond donors (Lipinski definition) is 2. The van der Waals surface area contributed by atoms with Crippen LogP contribution in [0.3, 0.4) is 0 Å². The number of benzene rings is 1. The van der Waals surface area contributed by atoms with Crippen LogP contribution < -0.4 is 10.6 Å². The second kappa shape index (κ2) is 11.4. The predicted octanol–water partition coefficient (Wildman–Crippen LogP) is 2.93. The quantitative estimate of drug-likeness (QED) is 0.559. The normalized spacial score (nSPS) is 15.4.